The van der Waals surface area contributed by atoms with E-state index >= 15 is 0 Å². The molecule has 3 rings (SSSR count). The molecule has 28 heavy (non-hydrogen) atoms. The van der Waals surface area contributed by atoms with Crippen LogP contribution in [0.25, 0.3) is 0 Å². The molecular formula is C22H18N4OS. The maximum absolute atomic E-state index is 12.6. The first-order chi connectivity index (χ1) is 13.7. The number of carbonyl (C=O) groups is 1. The van der Waals surface area contributed by atoms with Crippen molar-refractivity contribution in [2.24, 2.45) is 0 Å². The standard InChI is InChI=1S/C22H18N4OS/c1-16-11-12-24-21(13-16)25-15-17(14-23)22(27)26-19-9-5-6-10-20(19)28-18-7-3-2-4-8-18/h2-13,15H,1H3,(H,24,25)(H,26,27)/b17-15-. The van der Waals surface area contributed by atoms with Gasteiger partial charge >= 0.3 is 0 Å². The van der Waals surface area contributed by atoms with Gasteiger partial charge in [0.2, 0.25) is 0 Å². The van der Waals surface area contributed by atoms with Crippen LogP contribution in [0.2, 0.25) is 0 Å². The molecule has 0 aliphatic carbocycles. The molecule has 0 atom stereocenters. The fourth-order valence-electron chi connectivity index (χ4n) is 2.37. The Bertz CT molecular complexity index is 1040. The fraction of sp³-hybridized carbons (Fsp3) is 0.0455. The number of rotatable bonds is 6. The van der Waals surface area contributed by atoms with Crippen LogP contribution in [0.1, 0.15) is 5.56 Å². The zero-order chi connectivity index (χ0) is 19.8. The molecule has 5 nitrogen and oxygen atoms in total. The number of para-hydroxylation sites is 1. The summed E-state index contributed by atoms with van der Waals surface area (Å²) in [5.41, 5.74) is 1.64. The largest absolute Gasteiger partial charge is 0.345 e. The lowest BCUT2D eigenvalue weighted by Crippen LogP contribution is -2.15. The van der Waals surface area contributed by atoms with Gasteiger partial charge in [-0.15, -0.1) is 0 Å². The number of nitrogens with zero attached hydrogens (tertiary/aromatic N) is 2. The Morgan fingerprint density at radius 3 is 2.61 bits per heavy atom. The van der Waals surface area contributed by atoms with E-state index in [4.69, 9.17) is 0 Å². The Labute approximate surface area is 168 Å². The molecule has 1 heterocycles. The first-order valence-electron chi connectivity index (χ1n) is 8.58. The van der Waals surface area contributed by atoms with Crippen LogP contribution in [0.3, 0.4) is 0 Å². The second-order valence-electron chi connectivity index (χ2n) is 5.90. The van der Waals surface area contributed by atoms with Crippen molar-refractivity contribution < 1.29 is 4.79 Å². The van der Waals surface area contributed by atoms with E-state index in [0.29, 0.717) is 11.5 Å². The summed E-state index contributed by atoms with van der Waals surface area (Å²) in [6.45, 7) is 1.94. The number of hydrogen-bond acceptors (Lipinski definition) is 5. The van der Waals surface area contributed by atoms with E-state index in [2.05, 4.69) is 15.6 Å². The number of hydrogen-bond donors (Lipinski definition) is 2. The maximum Gasteiger partial charge on any atom is 0.267 e. The molecule has 0 radical (unpaired) electrons. The Balaban J connectivity index is 1.74. The fourth-order valence-corrected chi connectivity index (χ4v) is 3.30. The predicted molar refractivity (Wildman–Crippen MR) is 112 cm³/mol. The minimum atomic E-state index is -0.483. The number of aromatic nitrogens is 1. The van der Waals surface area contributed by atoms with Crippen molar-refractivity contribution in [2.45, 2.75) is 16.7 Å². The van der Waals surface area contributed by atoms with E-state index in [-0.39, 0.29) is 5.57 Å². The zero-order valence-corrected chi connectivity index (χ0v) is 16.0. The highest BCUT2D eigenvalue weighted by Crippen LogP contribution is 2.33. The summed E-state index contributed by atoms with van der Waals surface area (Å²) in [5.74, 6) is 0.0874. The third-order valence-corrected chi connectivity index (χ3v) is 4.83. The molecule has 0 unspecified atom stereocenters. The van der Waals surface area contributed by atoms with Crippen LogP contribution in [0.4, 0.5) is 11.5 Å². The van der Waals surface area contributed by atoms with Crippen molar-refractivity contribution >= 4 is 29.2 Å². The van der Waals surface area contributed by atoms with E-state index in [1.165, 1.54) is 6.20 Å². The topological polar surface area (TPSA) is 77.8 Å². The summed E-state index contributed by atoms with van der Waals surface area (Å²) in [7, 11) is 0. The molecular weight excluding hydrogens is 368 g/mol. The molecule has 2 N–H and O–H groups in total. The van der Waals surface area contributed by atoms with Gasteiger partial charge in [-0.1, -0.05) is 42.1 Å². The Kier molecular flexibility index (Phi) is 6.45. The molecule has 0 saturated carbocycles. The summed E-state index contributed by atoms with van der Waals surface area (Å²) in [6.07, 6.45) is 3.03. The molecule has 0 saturated heterocycles. The lowest BCUT2D eigenvalue weighted by Gasteiger charge is -2.10. The van der Waals surface area contributed by atoms with Crippen LogP contribution in [-0.4, -0.2) is 10.9 Å². The van der Waals surface area contributed by atoms with Crippen molar-refractivity contribution in [1.29, 1.82) is 5.26 Å². The van der Waals surface area contributed by atoms with Crippen LogP contribution in [0, 0.1) is 18.3 Å². The maximum atomic E-state index is 12.6. The van der Waals surface area contributed by atoms with E-state index < -0.39 is 5.91 Å². The van der Waals surface area contributed by atoms with Gasteiger partial charge in [-0.2, -0.15) is 5.26 Å². The molecule has 0 aliphatic rings. The molecule has 0 spiro atoms. The number of pyridine rings is 1. The van der Waals surface area contributed by atoms with E-state index in [1.807, 2.05) is 79.7 Å². The van der Waals surface area contributed by atoms with Crippen LogP contribution in [-0.2, 0) is 4.79 Å². The second-order valence-corrected chi connectivity index (χ2v) is 7.01. The minimum absolute atomic E-state index is 0.0391. The summed E-state index contributed by atoms with van der Waals surface area (Å²) in [4.78, 5) is 18.7. The van der Waals surface area contributed by atoms with Gasteiger partial charge in [0.1, 0.15) is 17.5 Å². The molecule has 2 aromatic carbocycles. The molecule has 6 heteroatoms. The van der Waals surface area contributed by atoms with Crippen molar-refractivity contribution in [3.63, 3.8) is 0 Å². The van der Waals surface area contributed by atoms with Crippen LogP contribution >= 0.6 is 11.8 Å². The quantitative estimate of drug-likeness (QED) is 0.460. The molecule has 0 fully saturated rings. The van der Waals surface area contributed by atoms with Crippen LogP contribution in [0.5, 0.6) is 0 Å². The second kappa shape index (κ2) is 9.40. The molecule has 1 amide bonds. The zero-order valence-electron chi connectivity index (χ0n) is 15.2. The highest BCUT2D eigenvalue weighted by atomic mass is 32.2. The summed E-state index contributed by atoms with van der Waals surface area (Å²) in [5, 5.41) is 15.1. The number of anilines is 2. The first-order valence-corrected chi connectivity index (χ1v) is 9.40. The Hall–Kier alpha value is -3.56. The summed E-state index contributed by atoms with van der Waals surface area (Å²) < 4.78 is 0. The number of carbonyl (C=O) groups excluding carboxylic acids is 1. The van der Waals surface area contributed by atoms with Gasteiger partial charge in [0.25, 0.3) is 5.91 Å². The van der Waals surface area contributed by atoms with E-state index in [9.17, 15) is 10.1 Å². The van der Waals surface area contributed by atoms with Crippen LogP contribution < -0.4 is 10.6 Å². The van der Waals surface area contributed by atoms with E-state index in [0.717, 1.165) is 15.4 Å². The summed E-state index contributed by atoms with van der Waals surface area (Å²) in [6, 6.07) is 23.0. The van der Waals surface area contributed by atoms with Gasteiger partial charge in [-0.05, 0) is 48.9 Å². The van der Waals surface area contributed by atoms with Gasteiger partial charge in [0.05, 0.1) is 5.69 Å². The third-order valence-electron chi connectivity index (χ3n) is 3.75. The van der Waals surface area contributed by atoms with Gasteiger partial charge in [-0.3, -0.25) is 4.79 Å². The first kappa shape index (κ1) is 19.2. The molecule has 3 aromatic rings. The minimum Gasteiger partial charge on any atom is -0.345 e. The van der Waals surface area contributed by atoms with Gasteiger partial charge in [0, 0.05) is 22.2 Å². The molecule has 138 valence electrons. The van der Waals surface area contributed by atoms with Crippen molar-refractivity contribution in [3.8, 4) is 6.07 Å². The monoisotopic (exact) mass is 386 g/mol. The number of nitriles is 1. The van der Waals surface area contributed by atoms with Crippen molar-refractivity contribution in [3.05, 3.63) is 90.3 Å². The predicted octanol–water partition coefficient (Wildman–Crippen LogP) is 5.00. The lowest BCUT2D eigenvalue weighted by molar-refractivity contribution is -0.112. The molecule has 1 aromatic heterocycles. The number of amides is 1. The number of nitrogens with one attached hydrogen (secondary N) is 2. The number of aryl methyl sites for hydroxylation is 1. The third kappa shape index (κ3) is 5.22. The lowest BCUT2D eigenvalue weighted by atomic mass is 10.2. The Morgan fingerprint density at radius 1 is 1.11 bits per heavy atom. The highest BCUT2D eigenvalue weighted by Gasteiger charge is 2.12. The average Bonchev–Trinajstić information content (AvgIpc) is 2.71. The van der Waals surface area contributed by atoms with Crippen LogP contribution in [0.15, 0.2) is 94.5 Å². The Morgan fingerprint density at radius 2 is 1.86 bits per heavy atom. The van der Waals surface area contributed by atoms with Gasteiger partial charge in [0.15, 0.2) is 0 Å². The van der Waals surface area contributed by atoms with Gasteiger partial charge in [-0.25, -0.2) is 4.98 Å². The van der Waals surface area contributed by atoms with Crippen molar-refractivity contribution in [2.75, 3.05) is 10.6 Å². The highest BCUT2D eigenvalue weighted by molar-refractivity contribution is 7.99. The number of benzene rings is 2. The summed E-state index contributed by atoms with van der Waals surface area (Å²) >= 11 is 1.54. The molecule has 0 aliphatic heterocycles. The average molecular weight is 386 g/mol. The SMILES string of the molecule is Cc1ccnc(N/C=C(/C#N)C(=O)Nc2ccccc2Sc2ccccc2)c1. The molecule has 0 bridgehead atoms. The normalized spacial score (nSPS) is 10.8. The smallest absolute Gasteiger partial charge is 0.267 e. The van der Waals surface area contributed by atoms with Gasteiger partial charge < -0.3 is 10.6 Å². The van der Waals surface area contributed by atoms with E-state index in [1.54, 1.807) is 18.0 Å². The van der Waals surface area contributed by atoms with Crippen molar-refractivity contribution in [1.82, 2.24) is 4.98 Å².